The highest BCUT2D eigenvalue weighted by molar-refractivity contribution is 8.00. The third-order valence-electron chi connectivity index (χ3n) is 3.23. The molecule has 0 unspecified atom stereocenters. The molecule has 4 nitrogen and oxygen atoms in total. The number of aryl methyl sites for hydroxylation is 1. The van der Waals surface area contributed by atoms with Crippen LogP contribution in [0.2, 0.25) is 0 Å². The molecule has 0 spiro atoms. The van der Waals surface area contributed by atoms with Crippen molar-refractivity contribution in [2.24, 2.45) is 0 Å². The maximum atomic E-state index is 12.8. The molecule has 106 valence electrons. The zero-order valence-electron chi connectivity index (χ0n) is 11.5. The van der Waals surface area contributed by atoms with Gasteiger partial charge >= 0.3 is 0 Å². The Balaban J connectivity index is 2.43. The fourth-order valence-electron chi connectivity index (χ4n) is 2.33. The zero-order chi connectivity index (χ0) is 14.3. The minimum absolute atomic E-state index is 0.0528. The summed E-state index contributed by atoms with van der Waals surface area (Å²) in [6, 6.07) is 5.20. The van der Waals surface area contributed by atoms with Crippen LogP contribution in [0, 0.1) is 6.92 Å². The van der Waals surface area contributed by atoms with Crippen molar-refractivity contribution in [3.05, 3.63) is 23.8 Å². The standard InChI is InChI=1S/C13H20N2O2S2/c1-10-5-4-6-11(14)12(10)19(16,17)15-7-8-18-13(2,3)9-15/h4-6H,7-9,14H2,1-3H3. The molecule has 1 aromatic rings. The first-order valence-electron chi connectivity index (χ1n) is 6.23. The van der Waals surface area contributed by atoms with Crippen LogP contribution in [-0.2, 0) is 10.0 Å². The molecule has 2 rings (SSSR count). The lowest BCUT2D eigenvalue weighted by Crippen LogP contribution is -2.46. The lowest BCUT2D eigenvalue weighted by molar-refractivity contribution is 0.387. The Kier molecular flexibility index (Phi) is 3.86. The van der Waals surface area contributed by atoms with E-state index in [0.717, 1.165) is 5.75 Å². The third-order valence-corrected chi connectivity index (χ3v) is 6.59. The van der Waals surface area contributed by atoms with Crippen LogP contribution >= 0.6 is 11.8 Å². The monoisotopic (exact) mass is 300 g/mol. The van der Waals surface area contributed by atoms with Gasteiger partial charge in [0.2, 0.25) is 10.0 Å². The van der Waals surface area contributed by atoms with Crippen molar-refractivity contribution in [1.82, 2.24) is 4.31 Å². The molecule has 1 saturated heterocycles. The first-order chi connectivity index (χ1) is 8.74. The van der Waals surface area contributed by atoms with Gasteiger partial charge in [0.15, 0.2) is 0 Å². The van der Waals surface area contributed by atoms with Crippen molar-refractivity contribution in [3.8, 4) is 0 Å². The van der Waals surface area contributed by atoms with Crippen molar-refractivity contribution in [2.45, 2.75) is 30.4 Å². The topological polar surface area (TPSA) is 63.4 Å². The molecule has 1 aliphatic rings. The van der Waals surface area contributed by atoms with Gasteiger partial charge in [-0.15, -0.1) is 0 Å². The number of hydrogen-bond donors (Lipinski definition) is 1. The summed E-state index contributed by atoms with van der Waals surface area (Å²) in [6.45, 7) is 6.99. The van der Waals surface area contributed by atoms with Crippen LogP contribution in [-0.4, -0.2) is 36.3 Å². The predicted molar refractivity (Wildman–Crippen MR) is 80.9 cm³/mol. The van der Waals surface area contributed by atoms with Crippen LogP contribution in [0.15, 0.2) is 23.1 Å². The van der Waals surface area contributed by atoms with E-state index in [4.69, 9.17) is 5.73 Å². The largest absolute Gasteiger partial charge is 0.398 e. The smallest absolute Gasteiger partial charge is 0.245 e. The van der Waals surface area contributed by atoms with E-state index in [2.05, 4.69) is 13.8 Å². The fourth-order valence-corrected chi connectivity index (χ4v) is 5.57. The summed E-state index contributed by atoms with van der Waals surface area (Å²) < 4.78 is 27.0. The van der Waals surface area contributed by atoms with Crippen LogP contribution in [0.4, 0.5) is 5.69 Å². The van der Waals surface area contributed by atoms with Gasteiger partial charge in [-0.2, -0.15) is 16.1 Å². The number of thioether (sulfide) groups is 1. The SMILES string of the molecule is Cc1cccc(N)c1S(=O)(=O)N1CCSC(C)(C)C1. The third kappa shape index (κ3) is 2.90. The second-order valence-corrected chi connectivity index (χ2v) is 9.12. The minimum Gasteiger partial charge on any atom is -0.398 e. The number of rotatable bonds is 2. The number of nitrogen functional groups attached to an aromatic ring is 1. The van der Waals surface area contributed by atoms with Gasteiger partial charge in [0.1, 0.15) is 4.90 Å². The molecule has 0 amide bonds. The summed E-state index contributed by atoms with van der Waals surface area (Å²) >= 11 is 1.81. The normalized spacial score (nSPS) is 20.4. The zero-order valence-corrected chi connectivity index (χ0v) is 13.1. The van der Waals surface area contributed by atoms with Crippen LogP contribution in [0.25, 0.3) is 0 Å². The Morgan fingerprint density at radius 1 is 1.37 bits per heavy atom. The van der Waals surface area contributed by atoms with Gasteiger partial charge in [0.05, 0.1) is 5.69 Å². The number of nitrogens with two attached hydrogens (primary N) is 1. The van der Waals surface area contributed by atoms with Crippen LogP contribution in [0.3, 0.4) is 0 Å². The maximum absolute atomic E-state index is 12.8. The highest BCUT2D eigenvalue weighted by Gasteiger charge is 2.36. The van der Waals surface area contributed by atoms with Gasteiger partial charge in [-0.25, -0.2) is 8.42 Å². The van der Waals surface area contributed by atoms with Crippen LogP contribution in [0.5, 0.6) is 0 Å². The Labute approximate surface area is 119 Å². The summed E-state index contributed by atoms with van der Waals surface area (Å²) in [4.78, 5) is 0.262. The lowest BCUT2D eigenvalue weighted by atomic mass is 10.2. The van der Waals surface area contributed by atoms with E-state index in [1.807, 2.05) is 0 Å². The molecule has 2 N–H and O–H groups in total. The molecule has 6 heteroatoms. The van der Waals surface area contributed by atoms with Gasteiger partial charge < -0.3 is 5.73 Å². The van der Waals surface area contributed by atoms with E-state index in [1.165, 1.54) is 0 Å². The summed E-state index contributed by atoms with van der Waals surface area (Å²) in [5.41, 5.74) is 6.91. The van der Waals surface area contributed by atoms with E-state index >= 15 is 0 Å². The van der Waals surface area contributed by atoms with Crippen molar-refractivity contribution < 1.29 is 8.42 Å². The predicted octanol–water partition coefficient (Wildman–Crippen LogP) is 2.09. The molecule has 0 aromatic heterocycles. The van der Waals surface area contributed by atoms with E-state index in [9.17, 15) is 8.42 Å². The average molecular weight is 300 g/mol. The molecule has 0 saturated carbocycles. The number of sulfonamides is 1. The Morgan fingerprint density at radius 2 is 2.05 bits per heavy atom. The Morgan fingerprint density at radius 3 is 2.63 bits per heavy atom. The number of anilines is 1. The highest BCUT2D eigenvalue weighted by atomic mass is 32.2. The van der Waals surface area contributed by atoms with E-state index < -0.39 is 10.0 Å². The van der Waals surface area contributed by atoms with E-state index in [-0.39, 0.29) is 9.64 Å². The molecule has 1 fully saturated rings. The maximum Gasteiger partial charge on any atom is 0.245 e. The quantitative estimate of drug-likeness (QED) is 0.850. The first-order valence-corrected chi connectivity index (χ1v) is 8.66. The number of benzene rings is 1. The molecular formula is C13H20N2O2S2. The molecule has 0 atom stereocenters. The Hall–Kier alpha value is -0.720. The van der Waals surface area contributed by atoms with Gasteiger partial charge in [-0.05, 0) is 32.4 Å². The fraction of sp³-hybridized carbons (Fsp3) is 0.538. The number of nitrogens with zero attached hydrogens (tertiary/aromatic N) is 1. The van der Waals surface area contributed by atoms with Gasteiger partial charge in [0.25, 0.3) is 0 Å². The summed E-state index contributed by atoms with van der Waals surface area (Å²) in [6.07, 6.45) is 0. The number of hydrogen-bond acceptors (Lipinski definition) is 4. The summed E-state index contributed by atoms with van der Waals surface area (Å²) in [5.74, 6) is 0.817. The molecule has 1 aromatic carbocycles. The van der Waals surface area contributed by atoms with Crippen LogP contribution < -0.4 is 5.73 Å². The lowest BCUT2D eigenvalue weighted by Gasteiger charge is -2.37. The van der Waals surface area contributed by atoms with Gasteiger partial charge in [-0.3, -0.25) is 0 Å². The minimum atomic E-state index is -3.50. The molecule has 1 aliphatic heterocycles. The van der Waals surface area contributed by atoms with E-state index in [1.54, 1.807) is 41.2 Å². The van der Waals surface area contributed by atoms with Gasteiger partial charge in [-0.1, -0.05) is 12.1 Å². The van der Waals surface area contributed by atoms with Crippen molar-refractivity contribution in [3.63, 3.8) is 0 Å². The molecule has 19 heavy (non-hydrogen) atoms. The Bertz CT molecular complexity index is 562. The summed E-state index contributed by atoms with van der Waals surface area (Å²) in [5, 5.41) is 0. The molecule has 0 bridgehead atoms. The second-order valence-electron chi connectivity index (χ2n) is 5.44. The molecule has 0 radical (unpaired) electrons. The van der Waals surface area contributed by atoms with Crippen molar-refractivity contribution in [2.75, 3.05) is 24.6 Å². The first kappa shape index (κ1) is 14.7. The molecule has 1 heterocycles. The van der Waals surface area contributed by atoms with Crippen molar-refractivity contribution in [1.29, 1.82) is 0 Å². The van der Waals surface area contributed by atoms with E-state index in [0.29, 0.717) is 24.3 Å². The second kappa shape index (κ2) is 5.00. The highest BCUT2D eigenvalue weighted by Crippen LogP contribution is 2.34. The van der Waals surface area contributed by atoms with Crippen molar-refractivity contribution >= 4 is 27.5 Å². The molecule has 0 aliphatic carbocycles. The van der Waals surface area contributed by atoms with Crippen LogP contribution in [0.1, 0.15) is 19.4 Å². The summed E-state index contributed by atoms with van der Waals surface area (Å²) in [7, 11) is -3.50. The molecular weight excluding hydrogens is 280 g/mol. The van der Waals surface area contributed by atoms with Gasteiger partial charge in [0, 0.05) is 23.6 Å². The average Bonchev–Trinajstić information content (AvgIpc) is 2.27.